The minimum Gasteiger partial charge on any atom is -0.326 e. The Labute approximate surface area is 184 Å². The molecule has 0 bridgehead atoms. The van der Waals surface area contributed by atoms with Gasteiger partial charge in [0.2, 0.25) is 15.9 Å². The van der Waals surface area contributed by atoms with Crippen molar-refractivity contribution in [3.63, 3.8) is 0 Å². The van der Waals surface area contributed by atoms with Crippen LogP contribution in [0.3, 0.4) is 0 Å². The molecule has 0 saturated heterocycles. The second kappa shape index (κ2) is 9.09. The number of aromatic nitrogens is 4. The van der Waals surface area contributed by atoms with Gasteiger partial charge in [-0.05, 0) is 44.5 Å². The van der Waals surface area contributed by atoms with Crippen LogP contribution in [0.5, 0.6) is 0 Å². The molecule has 172 valence electrons. The van der Waals surface area contributed by atoms with Crippen LogP contribution in [0.2, 0.25) is 0 Å². The predicted octanol–water partition coefficient (Wildman–Crippen LogP) is 0.539. The average molecular weight is 463 g/mol. The van der Waals surface area contributed by atoms with E-state index in [9.17, 15) is 22.8 Å². The van der Waals surface area contributed by atoms with Gasteiger partial charge in [0, 0.05) is 38.8 Å². The number of hydrogen-bond donors (Lipinski definition) is 2. The lowest BCUT2D eigenvalue weighted by Crippen LogP contribution is -2.37. The normalized spacial score (nSPS) is 11.9. The van der Waals surface area contributed by atoms with Crippen LogP contribution in [0.4, 0.5) is 5.69 Å². The van der Waals surface area contributed by atoms with Gasteiger partial charge >= 0.3 is 5.69 Å². The van der Waals surface area contributed by atoms with Gasteiger partial charge < -0.3 is 9.88 Å². The molecule has 2 heterocycles. The van der Waals surface area contributed by atoms with Gasteiger partial charge in [-0.25, -0.2) is 22.9 Å². The fourth-order valence-corrected chi connectivity index (χ4v) is 4.55. The van der Waals surface area contributed by atoms with Crippen molar-refractivity contribution in [3.05, 3.63) is 51.4 Å². The van der Waals surface area contributed by atoms with Crippen molar-refractivity contribution >= 4 is 32.8 Å². The molecule has 12 heteroatoms. The monoisotopic (exact) mass is 462 g/mol. The third-order valence-corrected chi connectivity index (χ3v) is 6.53. The first-order chi connectivity index (χ1) is 15.0. The number of hydrogen-bond acceptors (Lipinski definition) is 6. The van der Waals surface area contributed by atoms with Crippen molar-refractivity contribution in [2.24, 2.45) is 14.1 Å². The SMILES string of the molecule is CC(C)NS(=O)(=O)c1ccc(NC(=O)CCCn2cnc3c2c(=O)n(C)c(=O)n3C)cc1. The van der Waals surface area contributed by atoms with Gasteiger partial charge in [0.1, 0.15) is 0 Å². The summed E-state index contributed by atoms with van der Waals surface area (Å²) in [4.78, 5) is 41.0. The smallest absolute Gasteiger partial charge is 0.326 e. The second-order valence-corrected chi connectivity index (χ2v) is 9.48. The van der Waals surface area contributed by atoms with Crippen molar-refractivity contribution < 1.29 is 13.2 Å². The van der Waals surface area contributed by atoms with E-state index in [2.05, 4.69) is 15.0 Å². The number of rotatable bonds is 8. The molecule has 0 aliphatic heterocycles. The first-order valence-corrected chi connectivity index (χ1v) is 11.5. The molecule has 0 atom stereocenters. The Hall–Kier alpha value is -3.25. The van der Waals surface area contributed by atoms with Crippen LogP contribution in [-0.4, -0.2) is 39.1 Å². The first-order valence-electron chi connectivity index (χ1n) is 10.0. The Morgan fingerprint density at radius 3 is 2.38 bits per heavy atom. The van der Waals surface area contributed by atoms with Gasteiger partial charge in [-0.2, -0.15) is 0 Å². The predicted molar refractivity (Wildman–Crippen MR) is 120 cm³/mol. The molecule has 0 fully saturated rings. The van der Waals surface area contributed by atoms with E-state index in [1.54, 1.807) is 25.5 Å². The van der Waals surface area contributed by atoms with Crippen molar-refractivity contribution in [3.8, 4) is 0 Å². The number of sulfonamides is 1. The highest BCUT2D eigenvalue weighted by molar-refractivity contribution is 7.89. The van der Waals surface area contributed by atoms with Crippen LogP contribution in [0.25, 0.3) is 11.2 Å². The molecule has 0 unspecified atom stereocenters. The maximum Gasteiger partial charge on any atom is 0.332 e. The summed E-state index contributed by atoms with van der Waals surface area (Å²) in [6, 6.07) is 5.69. The fraction of sp³-hybridized carbons (Fsp3) is 0.400. The number of carbonyl (C=O) groups excluding carboxylic acids is 1. The minimum absolute atomic E-state index is 0.118. The second-order valence-electron chi connectivity index (χ2n) is 7.77. The Bertz CT molecular complexity index is 1370. The molecule has 3 rings (SSSR count). The number of anilines is 1. The van der Waals surface area contributed by atoms with Crippen molar-refractivity contribution in [1.82, 2.24) is 23.4 Å². The molecule has 0 saturated carbocycles. The quantitative estimate of drug-likeness (QED) is 0.501. The van der Waals surface area contributed by atoms with Crippen LogP contribution in [-0.2, 0) is 35.5 Å². The van der Waals surface area contributed by atoms with Gasteiger partial charge in [0.15, 0.2) is 11.2 Å². The average Bonchev–Trinajstić information content (AvgIpc) is 3.14. The number of aryl methyl sites for hydroxylation is 2. The van der Waals surface area contributed by atoms with Gasteiger partial charge in [-0.3, -0.25) is 18.7 Å². The fourth-order valence-electron chi connectivity index (χ4n) is 3.30. The summed E-state index contributed by atoms with van der Waals surface area (Å²) in [6.45, 7) is 3.84. The van der Waals surface area contributed by atoms with E-state index in [0.717, 1.165) is 4.57 Å². The minimum atomic E-state index is -3.59. The Kier molecular flexibility index (Phi) is 6.65. The number of nitrogens with zero attached hydrogens (tertiary/aromatic N) is 4. The van der Waals surface area contributed by atoms with Gasteiger partial charge in [0.25, 0.3) is 5.56 Å². The van der Waals surface area contributed by atoms with Crippen LogP contribution < -0.4 is 21.3 Å². The first kappa shape index (κ1) is 23.4. The number of carbonyl (C=O) groups is 1. The molecular formula is C20H26N6O5S. The maximum absolute atomic E-state index is 12.4. The van der Waals surface area contributed by atoms with E-state index in [1.165, 1.54) is 42.2 Å². The Morgan fingerprint density at radius 2 is 1.75 bits per heavy atom. The topological polar surface area (TPSA) is 137 Å². The molecule has 0 spiro atoms. The lowest BCUT2D eigenvalue weighted by molar-refractivity contribution is -0.116. The summed E-state index contributed by atoms with van der Waals surface area (Å²) < 4.78 is 30.8. The van der Waals surface area contributed by atoms with Gasteiger partial charge in [0.05, 0.1) is 11.2 Å². The number of nitrogens with one attached hydrogen (secondary N) is 2. The highest BCUT2D eigenvalue weighted by atomic mass is 32.2. The lowest BCUT2D eigenvalue weighted by atomic mass is 10.2. The zero-order chi connectivity index (χ0) is 23.6. The van der Waals surface area contributed by atoms with E-state index in [4.69, 9.17) is 0 Å². The number of fused-ring (bicyclic) bond motifs is 1. The highest BCUT2D eigenvalue weighted by Crippen LogP contribution is 2.15. The molecule has 1 aromatic carbocycles. The Morgan fingerprint density at radius 1 is 1.09 bits per heavy atom. The highest BCUT2D eigenvalue weighted by Gasteiger charge is 2.16. The molecule has 0 radical (unpaired) electrons. The summed E-state index contributed by atoms with van der Waals surface area (Å²) in [5.74, 6) is -0.245. The summed E-state index contributed by atoms with van der Waals surface area (Å²) in [7, 11) is -0.641. The van der Waals surface area contributed by atoms with Gasteiger partial charge in [-0.1, -0.05) is 0 Å². The summed E-state index contributed by atoms with van der Waals surface area (Å²) in [5, 5.41) is 2.73. The molecule has 0 aliphatic rings. The Balaban J connectivity index is 1.62. The number of imidazole rings is 1. The summed E-state index contributed by atoms with van der Waals surface area (Å²) in [6.07, 6.45) is 2.10. The lowest BCUT2D eigenvalue weighted by Gasteiger charge is -2.10. The molecule has 1 amide bonds. The van der Waals surface area contributed by atoms with Crippen LogP contribution in [0.1, 0.15) is 26.7 Å². The van der Waals surface area contributed by atoms with Gasteiger partial charge in [-0.15, -0.1) is 0 Å². The van der Waals surface area contributed by atoms with E-state index in [1.807, 2.05) is 0 Å². The molecular weight excluding hydrogens is 436 g/mol. The zero-order valence-electron chi connectivity index (χ0n) is 18.3. The standard InChI is InChI=1S/C20H26N6O5S/c1-13(2)23-32(30,31)15-9-7-14(8-10-15)22-16(27)6-5-11-26-12-21-18-17(26)19(28)25(4)20(29)24(18)3/h7-10,12-13,23H,5-6,11H2,1-4H3,(H,22,27). The molecule has 0 aliphatic carbocycles. The largest absolute Gasteiger partial charge is 0.332 e. The molecule has 3 aromatic rings. The van der Waals surface area contributed by atoms with Crippen LogP contribution >= 0.6 is 0 Å². The number of benzene rings is 1. The zero-order valence-corrected chi connectivity index (χ0v) is 19.1. The summed E-state index contributed by atoms with van der Waals surface area (Å²) in [5.41, 5.74) is 0.194. The van der Waals surface area contributed by atoms with Crippen molar-refractivity contribution in [2.45, 2.75) is 44.2 Å². The molecule has 2 aromatic heterocycles. The maximum atomic E-state index is 12.4. The van der Waals surface area contributed by atoms with E-state index < -0.39 is 21.3 Å². The molecule has 32 heavy (non-hydrogen) atoms. The summed E-state index contributed by atoms with van der Waals surface area (Å²) >= 11 is 0. The van der Waals surface area contributed by atoms with Crippen molar-refractivity contribution in [2.75, 3.05) is 5.32 Å². The third-order valence-electron chi connectivity index (χ3n) is 4.86. The third kappa shape index (κ3) is 4.81. The van der Waals surface area contributed by atoms with Crippen molar-refractivity contribution in [1.29, 1.82) is 0 Å². The van der Waals surface area contributed by atoms with Crippen LogP contribution in [0, 0.1) is 0 Å². The number of amides is 1. The van der Waals surface area contributed by atoms with E-state index in [-0.39, 0.29) is 23.3 Å². The molecule has 2 N–H and O–H groups in total. The van der Waals surface area contributed by atoms with E-state index in [0.29, 0.717) is 29.8 Å². The van der Waals surface area contributed by atoms with E-state index >= 15 is 0 Å². The molecule has 11 nitrogen and oxygen atoms in total. The van der Waals surface area contributed by atoms with Crippen LogP contribution in [0.15, 0.2) is 45.1 Å².